The molecule has 4 heteroatoms. The number of carboxylic acids is 1. The van der Waals surface area contributed by atoms with E-state index in [9.17, 15) is 4.79 Å². The molecule has 0 aromatic heterocycles. The minimum absolute atomic E-state index is 0.103. The van der Waals surface area contributed by atoms with Crippen LogP contribution in [0.4, 0.5) is 0 Å². The first-order valence-electron chi connectivity index (χ1n) is 5.91. The monoisotopic (exact) mass is 234 g/mol. The zero-order valence-corrected chi connectivity index (χ0v) is 9.75. The van der Waals surface area contributed by atoms with Crippen LogP contribution in [0.2, 0.25) is 0 Å². The highest BCUT2D eigenvalue weighted by Crippen LogP contribution is 2.26. The Bertz CT molecular complexity index is 380. The third-order valence-corrected chi connectivity index (χ3v) is 3.31. The van der Waals surface area contributed by atoms with E-state index >= 15 is 0 Å². The number of hydrogen-bond acceptors (Lipinski definition) is 3. The molecule has 1 aromatic carbocycles. The lowest BCUT2D eigenvalue weighted by Gasteiger charge is -2.15. The summed E-state index contributed by atoms with van der Waals surface area (Å²) < 4.78 is 0. The van der Waals surface area contributed by atoms with Gasteiger partial charge in [-0.05, 0) is 5.56 Å². The summed E-state index contributed by atoms with van der Waals surface area (Å²) in [4.78, 5) is 12.7. The van der Waals surface area contributed by atoms with Gasteiger partial charge in [-0.2, -0.15) is 0 Å². The molecule has 1 heterocycles. The summed E-state index contributed by atoms with van der Waals surface area (Å²) in [6, 6.07) is 10.3. The summed E-state index contributed by atoms with van der Waals surface area (Å²) >= 11 is 0. The quantitative estimate of drug-likeness (QED) is 0.812. The number of rotatable bonds is 4. The molecule has 1 fully saturated rings. The molecule has 1 aliphatic heterocycles. The van der Waals surface area contributed by atoms with Gasteiger partial charge in [-0.1, -0.05) is 30.3 Å². The number of hydrogen-bond donors (Lipinski definition) is 2. The average Bonchev–Trinajstić information content (AvgIpc) is 2.69. The number of carbonyl (C=O) groups is 1. The molecule has 0 aliphatic carbocycles. The van der Waals surface area contributed by atoms with E-state index < -0.39 is 5.97 Å². The second-order valence-corrected chi connectivity index (χ2v) is 4.58. The van der Waals surface area contributed by atoms with Gasteiger partial charge in [0, 0.05) is 31.6 Å². The van der Waals surface area contributed by atoms with Crippen molar-refractivity contribution < 1.29 is 9.90 Å². The van der Waals surface area contributed by atoms with Gasteiger partial charge in [-0.25, -0.2) is 0 Å². The highest BCUT2D eigenvalue weighted by atomic mass is 16.4. The Morgan fingerprint density at radius 3 is 2.71 bits per heavy atom. The van der Waals surface area contributed by atoms with E-state index in [2.05, 4.69) is 17.0 Å². The van der Waals surface area contributed by atoms with Crippen LogP contribution in [0.5, 0.6) is 0 Å². The van der Waals surface area contributed by atoms with Crippen molar-refractivity contribution in [1.29, 1.82) is 0 Å². The largest absolute Gasteiger partial charge is 0.481 e. The maximum Gasteiger partial charge on any atom is 0.304 e. The molecule has 4 nitrogen and oxygen atoms in total. The Morgan fingerprint density at radius 2 is 2.06 bits per heavy atom. The van der Waals surface area contributed by atoms with Crippen LogP contribution in [0.25, 0.3) is 0 Å². The van der Waals surface area contributed by atoms with Crippen molar-refractivity contribution in [3.8, 4) is 0 Å². The lowest BCUT2D eigenvalue weighted by molar-refractivity contribution is -0.137. The molecule has 2 unspecified atom stereocenters. The van der Waals surface area contributed by atoms with Crippen molar-refractivity contribution in [3.05, 3.63) is 35.9 Å². The van der Waals surface area contributed by atoms with Gasteiger partial charge >= 0.3 is 5.97 Å². The van der Waals surface area contributed by atoms with E-state index in [0.29, 0.717) is 12.5 Å². The summed E-state index contributed by atoms with van der Waals surface area (Å²) in [7, 11) is 0. The third kappa shape index (κ3) is 3.05. The zero-order valence-electron chi connectivity index (χ0n) is 9.75. The van der Waals surface area contributed by atoms with Crippen LogP contribution in [-0.2, 0) is 4.79 Å². The van der Waals surface area contributed by atoms with E-state index in [4.69, 9.17) is 10.8 Å². The molecular formula is C13H18N2O2. The maximum absolute atomic E-state index is 10.5. The minimum atomic E-state index is -0.748. The van der Waals surface area contributed by atoms with E-state index in [0.717, 1.165) is 13.1 Å². The molecule has 3 N–H and O–H groups in total. The molecular weight excluding hydrogens is 216 g/mol. The summed E-state index contributed by atoms with van der Waals surface area (Å²) in [5, 5.41) is 8.66. The van der Waals surface area contributed by atoms with Gasteiger partial charge in [0.1, 0.15) is 0 Å². The first-order valence-corrected chi connectivity index (χ1v) is 5.91. The standard InChI is InChI=1S/C13H18N2O2/c14-12-9-15(7-6-13(16)17)8-11(12)10-4-2-1-3-5-10/h1-5,11-12H,6-9,14H2,(H,16,17). The number of nitrogens with two attached hydrogens (primary N) is 1. The third-order valence-electron chi connectivity index (χ3n) is 3.31. The molecule has 0 amide bonds. The van der Waals surface area contributed by atoms with Crippen LogP contribution in [0, 0.1) is 0 Å². The Morgan fingerprint density at radius 1 is 1.35 bits per heavy atom. The number of likely N-dealkylation sites (tertiary alicyclic amines) is 1. The Kier molecular flexibility index (Phi) is 3.76. The normalized spacial score (nSPS) is 25.0. The van der Waals surface area contributed by atoms with Crippen molar-refractivity contribution in [1.82, 2.24) is 4.90 Å². The van der Waals surface area contributed by atoms with Crippen molar-refractivity contribution in [3.63, 3.8) is 0 Å². The summed E-state index contributed by atoms with van der Waals surface area (Å²) in [6.45, 7) is 2.23. The van der Waals surface area contributed by atoms with E-state index in [1.165, 1.54) is 5.56 Å². The fraction of sp³-hybridized carbons (Fsp3) is 0.462. The lowest BCUT2D eigenvalue weighted by Crippen LogP contribution is -2.29. The lowest BCUT2D eigenvalue weighted by atomic mass is 9.95. The molecule has 0 bridgehead atoms. The van der Waals surface area contributed by atoms with E-state index in [-0.39, 0.29) is 12.5 Å². The summed E-state index contributed by atoms with van der Waals surface area (Å²) in [5.74, 6) is -0.424. The first-order chi connectivity index (χ1) is 8.16. The molecule has 1 saturated heterocycles. The molecule has 0 saturated carbocycles. The SMILES string of the molecule is NC1CN(CCC(=O)O)CC1c1ccccc1. The van der Waals surface area contributed by atoms with Crippen LogP contribution >= 0.6 is 0 Å². The molecule has 2 rings (SSSR count). The number of carboxylic acid groups (broad SMARTS) is 1. The van der Waals surface area contributed by atoms with Crippen LogP contribution in [0.3, 0.4) is 0 Å². The van der Waals surface area contributed by atoms with Crippen LogP contribution in [0.1, 0.15) is 17.9 Å². The smallest absolute Gasteiger partial charge is 0.304 e. The van der Waals surface area contributed by atoms with Crippen LogP contribution in [-0.4, -0.2) is 41.7 Å². The minimum Gasteiger partial charge on any atom is -0.481 e. The van der Waals surface area contributed by atoms with Crippen molar-refractivity contribution >= 4 is 5.97 Å². The molecule has 17 heavy (non-hydrogen) atoms. The fourth-order valence-electron chi connectivity index (χ4n) is 2.40. The fourth-order valence-corrected chi connectivity index (χ4v) is 2.40. The van der Waals surface area contributed by atoms with Crippen molar-refractivity contribution in [2.24, 2.45) is 5.73 Å². The predicted octanol–water partition coefficient (Wildman–Crippen LogP) is 0.888. The van der Waals surface area contributed by atoms with Gasteiger partial charge in [0.05, 0.1) is 6.42 Å². The first kappa shape index (κ1) is 12.1. The van der Waals surface area contributed by atoms with Crippen molar-refractivity contribution in [2.75, 3.05) is 19.6 Å². The number of aliphatic carboxylic acids is 1. The Balaban J connectivity index is 1.96. The van der Waals surface area contributed by atoms with Crippen molar-refractivity contribution in [2.45, 2.75) is 18.4 Å². The van der Waals surface area contributed by atoms with E-state index in [1.807, 2.05) is 18.2 Å². The Hall–Kier alpha value is -1.39. The average molecular weight is 234 g/mol. The van der Waals surface area contributed by atoms with Crippen LogP contribution in [0.15, 0.2) is 30.3 Å². The number of benzene rings is 1. The molecule has 0 radical (unpaired) electrons. The van der Waals surface area contributed by atoms with Crippen LogP contribution < -0.4 is 5.73 Å². The van der Waals surface area contributed by atoms with Gasteiger partial charge in [-0.15, -0.1) is 0 Å². The highest BCUT2D eigenvalue weighted by molar-refractivity contribution is 5.66. The van der Waals surface area contributed by atoms with Gasteiger partial charge in [0.2, 0.25) is 0 Å². The second-order valence-electron chi connectivity index (χ2n) is 4.58. The predicted molar refractivity (Wildman–Crippen MR) is 65.9 cm³/mol. The van der Waals surface area contributed by atoms with Gasteiger partial charge in [0.15, 0.2) is 0 Å². The maximum atomic E-state index is 10.5. The van der Waals surface area contributed by atoms with Gasteiger partial charge < -0.3 is 15.7 Å². The molecule has 0 spiro atoms. The summed E-state index contributed by atoms with van der Waals surface area (Å²) in [5.41, 5.74) is 7.37. The number of nitrogens with zero attached hydrogens (tertiary/aromatic N) is 1. The van der Waals surface area contributed by atoms with Gasteiger partial charge in [0.25, 0.3) is 0 Å². The topological polar surface area (TPSA) is 66.6 Å². The molecule has 92 valence electrons. The van der Waals surface area contributed by atoms with E-state index in [1.54, 1.807) is 0 Å². The second kappa shape index (κ2) is 5.29. The highest BCUT2D eigenvalue weighted by Gasteiger charge is 2.30. The molecule has 2 atom stereocenters. The zero-order chi connectivity index (χ0) is 12.3. The summed E-state index contributed by atoms with van der Waals surface area (Å²) in [6.07, 6.45) is 0.189. The molecule has 1 aliphatic rings. The van der Waals surface area contributed by atoms with Gasteiger partial charge in [-0.3, -0.25) is 4.79 Å². The Labute approximate surface area is 101 Å². The molecule has 1 aromatic rings.